The highest BCUT2D eigenvalue weighted by Crippen LogP contribution is 2.14. The van der Waals surface area contributed by atoms with Gasteiger partial charge in [-0.2, -0.15) is 5.10 Å². The second kappa shape index (κ2) is 5.47. The molecule has 1 aromatic heterocycles. The van der Waals surface area contributed by atoms with Gasteiger partial charge >= 0.3 is 0 Å². The third-order valence-corrected chi connectivity index (χ3v) is 4.85. The van der Waals surface area contributed by atoms with Crippen LogP contribution in [0.5, 0.6) is 0 Å². The molecule has 1 heterocycles. The molecule has 0 aliphatic rings. The lowest BCUT2D eigenvalue weighted by Crippen LogP contribution is -2.47. The van der Waals surface area contributed by atoms with Crippen LogP contribution in [0.3, 0.4) is 0 Å². The number of rotatable bonds is 6. The quantitative estimate of drug-likeness (QED) is 0.691. The molecule has 0 saturated carbocycles. The average Bonchev–Trinajstić information content (AvgIpc) is 2.75. The van der Waals surface area contributed by atoms with Gasteiger partial charge in [-0.1, -0.05) is 0 Å². The van der Waals surface area contributed by atoms with Gasteiger partial charge in [0.25, 0.3) is 0 Å². The number of nitrogens with one attached hydrogen (secondary N) is 2. The van der Waals surface area contributed by atoms with Crippen LogP contribution in [0, 0.1) is 0 Å². The number of carbonyl (C=O) groups excluding carboxylic acids is 1. The maximum Gasteiger partial charge on any atom is 0.240 e. The summed E-state index contributed by atoms with van der Waals surface area (Å²) in [7, 11) is -3.42. The number of hydrogen-bond donors (Lipinski definition) is 2. The van der Waals surface area contributed by atoms with E-state index in [-0.39, 0.29) is 0 Å². The normalized spacial score (nSPS) is 12.4. The first-order valence-electron chi connectivity index (χ1n) is 5.57. The largest absolute Gasteiger partial charge is 0.355 e. The Labute approximate surface area is 106 Å². The second-order valence-corrected chi connectivity index (χ2v) is 7.14. The van der Waals surface area contributed by atoms with Crippen LogP contribution < -0.4 is 5.32 Å². The molecule has 0 aliphatic carbocycles. The molecule has 1 rings (SSSR count). The first-order valence-corrected chi connectivity index (χ1v) is 7.46. The fourth-order valence-electron chi connectivity index (χ4n) is 1.19. The van der Waals surface area contributed by atoms with Crippen molar-refractivity contribution in [3.63, 3.8) is 0 Å². The van der Waals surface area contributed by atoms with Crippen molar-refractivity contribution >= 4 is 15.7 Å². The van der Waals surface area contributed by atoms with Gasteiger partial charge in [0, 0.05) is 19.2 Å². The van der Waals surface area contributed by atoms with E-state index >= 15 is 0 Å². The standard InChI is InChI=1S/C10H18N4O3S/c1-10(2,18(3,16)17)9(15)11-6-4-5-8-12-7-13-14-8/h7H,4-6H2,1-3H3,(H,11,15)(H,12,13,14). The molecule has 7 nitrogen and oxygen atoms in total. The molecule has 2 N–H and O–H groups in total. The number of aromatic amines is 1. The summed E-state index contributed by atoms with van der Waals surface area (Å²) < 4.78 is 21.5. The van der Waals surface area contributed by atoms with Crippen molar-refractivity contribution in [3.05, 3.63) is 12.2 Å². The lowest BCUT2D eigenvalue weighted by molar-refractivity contribution is -0.122. The zero-order valence-electron chi connectivity index (χ0n) is 10.7. The highest BCUT2D eigenvalue weighted by Gasteiger charge is 2.37. The Morgan fingerprint density at radius 1 is 1.50 bits per heavy atom. The number of sulfone groups is 1. The molecule has 0 aromatic carbocycles. The van der Waals surface area contributed by atoms with Gasteiger partial charge < -0.3 is 5.32 Å². The molecule has 102 valence electrons. The van der Waals surface area contributed by atoms with Crippen molar-refractivity contribution in [1.82, 2.24) is 20.5 Å². The number of carbonyl (C=O) groups is 1. The Balaban J connectivity index is 2.38. The molecule has 0 saturated heterocycles. The molecule has 8 heteroatoms. The molecule has 0 spiro atoms. The summed E-state index contributed by atoms with van der Waals surface area (Å²) in [4.78, 5) is 15.7. The van der Waals surface area contributed by atoms with Crippen molar-refractivity contribution in [2.45, 2.75) is 31.4 Å². The van der Waals surface area contributed by atoms with E-state index in [1.807, 2.05) is 0 Å². The predicted molar refractivity (Wildman–Crippen MR) is 66.6 cm³/mol. The molecule has 0 aliphatic heterocycles. The Morgan fingerprint density at radius 2 is 2.17 bits per heavy atom. The minimum atomic E-state index is -3.42. The zero-order chi connectivity index (χ0) is 13.8. The maximum absolute atomic E-state index is 11.7. The number of aromatic nitrogens is 3. The van der Waals surface area contributed by atoms with Crippen molar-refractivity contribution in [3.8, 4) is 0 Å². The number of H-pyrrole nitrogens is 1. The van der Waals surface area contributed by atoms with E-state index in [0.29, 0.717) is 19.4 Å². The average molecular weight is 274 g/mol. The van der Waals surface area contributed by atoms with Gasteiger partial charge in [-0.15, -0.1) is 0 Å². The van der Waals surface area contributed by atoms with Crippen LogP contribution in [0.25, 0.3) is 0 Å². The topological polar surface area (TPSA) is 105 Å². The van der Waals surface area contributed by atoms with Crippen LogP contribution >= 0.6 is 0 Å². The lowest BCUT2D eigenvalue weighted by atomic mass is 10.2. The Hall–Kier alpha value is -1.44. The molecule has 1 amide bonds. The summed E-state index contributed by atoms with van der Waals surface area (Å²) in [5.41, 5.74) is 0. The highest BCUT2D eigenvalue weighted by atomic mass is 32.2. The van der Waals surface area contributed by atoms with E-state index < -0.39 is 20.5 Å². The maximum atomic E-state index is 11.7. The van der Waals surface area contributed by atoms with Crippen LogP contribution in [0.2, 0.25) is 0 Å². The monoisotopic (exact) mass is 274 g/mol. The summed E-state index contributed by atoms with van der Waals surface area (Å²) in [5, 5.41) is 9.03. The van der Waals surface area contributed by atoms with Crippen LogP contribution in [0.15, 0.2) is 6.33 Å². The third kappa shape index (κ3) is 3.52. The number of nitrogens with zero attached hydrogens (tertiary/aromatic N) is 2. The van der Waals surface area contributed by atoms with E-state index in [1.165, 1.54) is 20.2 Å². The first-order chi connectivity index (χ1) is 8.25. The predicted octanol–water partition coefficient (Wildman–Crippen LogP) is -0.323. The summed E-state index contributed by atoms with van der Waals surface area (Å²) >= 11 is 0. The van der Waals surface area contributed by atoms with E-state index in [9.17, 15) is 13.2 Å². The fourth-order valence-corrected chi connectivity index (χ4v) is 1.60. The molecule has 18 heavy (non-hydrogen) atoms. The summed E-state index contributed by atoms with van der Waals surface area (Å²) in [6.45, 7) is 3.20. The zero-order valence-corrected chi connectivity index (χ0v) is 11.5. The fraction of sp³-hybridized carbons (Fsp3) is 0.700. The van der Waals surface area contributed by atoms with Gasteiger partial charge in [0.15, 0.2) is 9.84 Å². The van der Waals surface area contributed by atoms with Gasteiger partial charge in [-0.25, -0.2) is 13.4 Å². The Kier molecular flexibility index (Phi) is 4.44. The van der Waals surface area contributed by atoms with Crippen molar-refractivity contribution < 1.29 is 13.2 Å². The lowest BCUT2D eigenvalue weighted by Gasteiger charge is -2.21. The van der Waals surface area contributed by atoms with Gasteiger partial charge in [0.1, 0.15) is 16.9 Å². The minimum absolute atomic E-state index is 0.401. The summed E-state index contributed by atoms with van der Waals surface area (Å²) in [6.07, 6.45) is 3.79. The molecule has 0 radical (unpaired) electrons. The Bertz CT molecular complexity index is 493. The summed E-state index contributed by atoms with van der Waals surface area (Å²) in [5.74, 6) is 0.259. The van der Waals surface area contributed by atoms with E-state index in [1.54, 1.807) is 0 Å². The smallest absolute Gasteiger partial charge is 0.240 e. The molecular weight excluding hydrogens is 256 g/mol. The van der Waals surface area contributed by atoms with Crippen LogP contribution in [-0.4, -0.2) is 47.1 Å². The van der Waals surface area contributed by atoms with E-state index in [4.69, 9.17) is 0 Å². The summed E-state index contributed by atoms with van der Waals surface area (Å²) in [6, 6.07) is 0. The highest BCUT2D eigenvalue weighted by molar-refractivity contribution is 7.92. The van der Waals surface area contributed by atoms with Gasteiger partial charge in [0.05, 0.1) is 0 Å². The van der Waals surface area contributed by atoms with Crippen LogP contribution in [0.1, 0.15) is 26.1 Å². The molecule has 0 atom stereocenters. The molecule has 1 aromatic rings. The molecule has 0 unspecified atom stereocenters. The van der Waals surface area contributed by atoms with Gasteiger partial charge in [-0.3, -0.25) is 9.89 Å². The molecular formula is C10H18N4O3S. The second-order valence-electron chi connectivity index (χ2n) is 4.57. The van der Waals surface area contributed by atoms with Crippen molar-refractivity contribution in [2.75, 3.05) is 12.8 Å². The minimum Gasteiger partial charge on any atom is -0.355 e. The molecule has 0 bridgehead atoms. The first kappa shape index (κ1) is 14.6. The molecule has 0 fully saturated rings. The van der Waals surface area contributed by atoms with Gasteiger partial charge in [-0.05, 0) is 20.3 Å². The van der Waals surface area contributed by atoms with Crippen LogP contribution in [-0.2, 0) is 21.1 Å². The Morgan fingerprint density at radius 3 is 2.67 bits per heavy atom. The van der Waals surface area contributed by atoms with Crippen molar-refractivity contribution in [1.29, 1.82) is 0 Å². The number of aryl methyl sites for hydroxylation is 1. The SMILES string of the molecule is CC(C)(C(=O)NCCCc1ncn[nH]1)S(C)(=O)=O. The van der Waals surface area contributed by atoms with E-state index in [2.05, 4.69) is 20.5 Å². The van der Waals surface area contributed by atoms with Crippen molar-refractivity contribution in [2.24, 2.45) is 0 Å². The number of amides is 1. The number of hydrogen-bond acceptors (Lipinski definition) is 5. The van der Waals surface area contributed by atoms with Crippen LogP contribution in [0.4, 0.5) is 0 Å². The van der Waals surface area contributed by atoms with Gasteiger partial charge in [0.2, 0.25) is 5.91 Å². The third-order valence-electron chi connectivity index (χ3n) is 2.81. The van der Waals surface area contributed by atoms with E-state index in [0.717, 1.165) is 12.1 Å².